The number of hydrogen-bond acceptors (Lipinski definition) is 3. The third-order valence-electron chi connectivity index (χ3n) is 5.53. The van der Waals surface area contributed by atoms with Crippen molar-refractivity contribution in [3.05, 3.63) is 29.8 Å². The van der Waals surface area contributed by atoms with Gasteiger partial charge in [0.05, 0.1) is 0 Å². The molecule has 1 aliphatic carbocycles. The first-order chi connectivity index (χ1) is 13.6. The summed E-state index contributed by atoms with van der Waals surface area (Å²) in [5, 5.41) is 9.81. The molecule has 0 heterocycles. The maximum absolute atomic E-state index is 11.7. The topological polar surface area (TPSA) is 74.8 Å². The molecular formula is C22H37IN4O2. The number of rotatable bonds is 10. The molecule has 6 nitrogen and oxygen atoms in total. The second-order valence-electron chi connectivity index (χ2n) is 7.72. The van der Waals surface area contributed by atoms with Crippen LogP contribution in [0.5, 0.6) is 0 Å². The normalized spacial score (nSPS) is 15.5. The molecule has 29 heavy (non-hydrogen) atoms. The number of halogens is 1. The van der Waals surface area contributed by atoms with Crippen LogP contribution in [0.2, 0.25) is 0 Å². The Balaban J connectivity index is 0.00000420. The Morgan fingerprint density at radius 1 is 1.17 bits per heavy atom. The van der Waals surface area contributed by atoms with Crippen molar-refractivity contribution < 1.29 is 9.53 Å². The van der Waals surface area contributed by atoms with Gasteiger partial charge in [-0.15, -0.1) is 24.0 Å². The molecule has 0 atom stereocenters. The van der Waals surface area contributed by atoms with Crippen molar-refractivity contribution in [2.75, 3.05) is 32.6 Å². The predicted octanol–water partition coefficient (Wildman–Crippen LogP) is 4.31. The molecule has 0 spiro atoms. The maximum Gasteiger partial charge on any atom is 0.224 e. The monoisotopic (exact) mass is 516 g/mol. The Hall–Kier alpha value is -1.35. The molecule has 0 unspecified atom stereocenters. The number of anilines is 1. The zero-order valence-electron chi connectivity index (χ0n) is 18.1. The third-order valence-corrected chi connectivity index (χ3v) is 5.53. The molecule has 3 N–H and O–H groups in total. The smallest absolute Gasteiger partial charge is 0.224 e. The van der Waals surface area contributed by atoms with E-state index in [4.69, 9.17) is 4.74 Å². The van der Waals surface area contributed by atoms with Gasteiger partial charge in [-0.2, -0.15) is 0 Å². The van der Waals surface area contributed by atoms with E-state index in [1.165, 1.54) is 25.7 Å². The van der Waals surface area contributed by atoms with Gasteiger partial charge in [-0.05, 0) is 48.8 Å². The lowest BCUT2D eigenvalue weighted by atomic mass is 9.83. The van der Waals surface area contributed by atoms with Gasteiger partial charge in [0, 0.05) is 46.0 Å². The molecule has 0 radical (unpaired) electrons. The van der Waals surface area contributed by atoms with Crippen molar-refractivity contribution in [3.63, 3.8) is 0 Å². The highest BCUT2D eigenvalue weighted by atomic mass is 127. The molecule has 7 heteroatoms. The van der Waals surface area contributed by atoms with Crippen LogP contribution >= 0.6 is 24.0 Å². The van der Waals surface area contributed by atoms with Crippen LogP contribution in [0.1, 0.15) is 57.4 Å². The quantitative estimate of drug-likeness (QED) is 0.246. The van der Waals surface area contributed by atoms with Crippen LogP contribution in [0.15, 0.2) is 29.3 Å². The standard InChI is InChI=1S/C22H36N4O2.HI/c1-4-7-20(27)26-19-10-8-18(9-11-19)16-24-21(23-2)25-17-22(14-15-28-3)12-5-6-13-22;/h8-11H,4-7,12-17H2,1-3H3,(H,26,27)(H2,23,24,25);1H. The Morgan fingerprint density at radius 2 is 1.86 bits per heavy atom. The first-order valence-corrected chi connectivity index (χ1v) is 10.4. The number of benzene rings is 1. The van der Waals surface area contributed by atoms with Gasteiger partial charge in [0.1, 0.15) is 0 Å². The number of nitrogens with zero attached hydrogens (tertiary/aromatic N) is 1. The number of guanidine groups is 1. The molecule has 0 aliphatic heterocycles. The largest absolute Gasteiger partial charge is 0.385 e. The number of carbonyl (C=O) groups is 1. The lowest BCUT2D eigenvalue weighted by Crippen LogP contribution is -2.43. The van der Waals surface area contributed by atoms with E-state index in [-0.39, 0.29) is 29.9 Å². The first kappa shape index (κ1) is 25.7. The summed E-state index contributed by atoms with van der Waals surface area (Å²) >= 11 is 0. The lowest BCUT2D eigenvalue weighted by molar-refractivity contribution is -0.116. The number of methoxy groups -OCH3 is 1. The molecule has 0 aromatic heterocycles. The fourth-order valence-corrected chi connectivity index (χ4v) is 3.79. The molecule has 0 saturated heterocycles. The van der Waals surface area contributed by atoms with Crippen molar-refractivity contribution in [1.29, 1.82) is 0 Å². The zero-order chi connectivity index (χ0) is 20.2. The van der Waals surface area contributed by atoms with E-state index in [2.05, 4.69) is 20.9 Å². The van der Waals surface area contributed by atoms with E-state index in [9.17, 15) is 4.79 Å². The number of hydrogen-bond donors (Lipinski definition) is 3. The van der Waals surface area contributed by atoms with Crippen LogP contribution in [0.3, 0.4) is 0 Å². The molecule has 1 saturated carbocycles. The van der Waals surface area contributed by atoms with Gasteiger partial charge in [-0.1, -0.05) is 31.9 Å². The van der Waals surface area contributed by atoms with Crippen LogP contribution < -0.4 is 16.0 Å². The molecule has 164 valence electrons. The molecule has 1 aromatic carbocycles. The van der Waals surface area contributed by atoms with Crippen LogP contribution in [0, 0.1) is 5.41 Å². The summed E-state index contributed by atoms with van der Waals surface area (Å²) in [6.45, 7) is 4.43. The van der Waals surface area contributed by atoms with Crippen LogP contribution in [-0.4, -0.2) is 39.2 Å². The summed E-state index contributed by atoms with van der Waals surface area (Å²) in [7, 11) is 3.58. The minimum Gasteiger partial charge on any atom is -0.385 e. The van der Waals surface area contributed by atoms with Gasteiger partial charge in [0.2, 0.25) is 5.91 Å². The highest BCUT2D eigenvalue weighted by Crippen LogP contribution is 2.40. The Labute approximate surface area is 192 Å². The van der Waals surface area contributed by atoms with Crippen LogP contribution in [-0.2, 0) is 16.1 Å². The van der Waals surface area contributed by atoms with Gasteiger partial charge < -0.3 is 20.7 Å². The Kier molecular flexibility index (Phi) is 12.2. The van der Waals surface area contributed by atoms with Gasteiger partial charge >= 0.3 is 0 Å². The second kappa shape index (κ2) is 13.8. The van der Waals surface area contributed by atoms with E-state index in [0.29, 0.717) is 18.4 Å². The fraction of sp³-hybridized carbons (Fsp3) is 0.636. The van der Waals surface area contributed by atoms with Crippen molar-refractivity contribution in [3.8, 4) is 0 Å². The summed E-state index contributed by atoms with van der Waals surface area (Å²) in [6, 6.07) is 7.94. The number of amides is 1. The van der Waals surface area contributed by atoms with E-state index in [1.54, 1.807) is 14.2 Å². The summed E-state index contributed by atoms with van der Waals surface area (Å²) in [4.78, 5) is 16.0. The highest BCUT2D eigenvalue weighted by molar-refractivity contribution is 14.0. The molecule has 1 aromatic rings. The number of aliphatic imine (C=N–C) groups is 1. The predicted molar refractivity (Wildman–Crippen MR) is 131 cm³/mol. The number of nitrogens with one attached hydrogen (secondary N) is 3. The van der Waals surface area contributed by atoms with Crippen molar-refractivity contribution in [2.24, 2.45) is 10.4 Å². The van der Waals surface area contributed by atoms with E-state index < -0.39 is 0 Å². The maximum atomic E-state index is 11.7. The van der Waals surface area contributed by atoms with Gasteiger partial charge in [-0.25, -0.2) is 0 Å². The van der Waals surface area contributed by atoms with E-state index in [0.717, 1.165) is 43.2 Å². The second-order valence-corrected chi connectivity index (χ2v) is 7.72. The summed E-state index contributed by atoms with van der Waals surface area (Å²) in [5.74, 6) is 0.885. The number of ether oxygens (including phenoxy) is 1. The molecular weight excluding hydrogens is 479 g/mol. The van der Waals surface area contributed by atoms with Gasteiger partial charge in [0.15, 0.2) is 5.96 Å². The lowest BCUT2D eigenvalue weighted by Gasteiger charge is -2.30. The summed E-state index contributed by atoms with van der Waals surface area (Å²) < 4.78 is 5.31. The third kappa shape index (κ3) is 8.90. The highest BCUT2D eigenvalue weighted by Gasteiger charge is 2.33. The Morgan fingerprint density at radius 3 is 2.45 bits per heavy atom. The van der Waals surface area contributed by atoms with Gasteiger partial charge in [0.25, 0.3) is 0 Å². The van der Waals surface area contributed by atoms with Crippen LogP contribution in [0.4, 0.5) is 5.69 Å². The van der Waals surface area contributed by atoms with E-state index in [1.807, 2.05) is 31.2 Å². The minimum atomic E-state index is 0. The zero-order valence-corrected chi connectivity index (χ0v) is 20.4. The Bertz CT molecular complexity index is 628. The summed E-state index contributed by atoms with van der Waals surface area (Å²) in [5.41, 5.74) is 2.31. The van der Waals surface area contributed by atoms with Crippen LogP contribution in [0.25, 0.3) is 0 Å². The number of carbonyl (C=O) groups excluding carboxylic acids is 1. The minimum absolute atomic E-state index is 0. The molecule has 1 amide bonds. The van der Waals surface area contributed by atoms with Crippen molar-refractivity contribution in [1.82, 2.24) is 10.6 Å². The average Bonchev–Trinajstić information content (AvgIpc) is 3.17. The average molecular weight is 516 g/mol. The molecule has 1 fully saturated rings. The van der Waals surface area contributed by atoms with Gasteiger partial charge in [-0.3, -0.25) is 9.79 Å². The van der Waals surface area contributed by atoms with E-state index >= 15 is 0 Å². The van der Waals surface area contributed by atoms with Crippen molar-refractivity contribution >= 4 is 41.5 Å². The molecule has 0 bridgehead atoms. The fourth-order valence-electron chi connectivity index (χ4n) is 3.79. The van der Waals surface area contributed by atoms with Crippen molar-refractivity contribution in [2.45, 2.75) is 58.4 Å². The molecule has 1 aliphatic rings. The molecule has 2 rings (SSSR count). The SMILES string of the molecule is CCCC(=O)Nc1ccc(CNC(=NC)NCC2(CCOC)CCCC2)cc1.I. The first-order valence-electron chi connectivity index (χ1n) is 10.4. The summed E-state index contributed by atoms with van der Waals surface area (Å²) in [6.07, 6.45) is 7.62.